The summed E-state index contributed by atoms with van der Waals surface area (Å²) in [6, 6.07) is 15.0. The molecule has 0 aliphatic rings. The molecule has 0 saturated carbocycles. The Morgan fingerprint density at radius 1 is 1.08 bits per heavy atom. The first-order valence-electron chi connectivity index (χ1n) is 7.16. The number of hydrogen-bond donors (Lipinski definition) is 2. The highest BCUT2D eigenvalue weighted by Crippen LogP contribution is 2.21. The summed E-state index contributed by atoms with van der Waals surface area (Å²) in [6.07, 6.45) is 1.73. The van der Waals surface area contributed by atoms with E-state index in [2.05, 4.69) is 54.4 Å². The number of hydrogen-bond acceptors (Lipinski definition) is 3. The fourth-order valence-corrected chi connectivity index (χ4v) is 2.78. The lowest BCUT2D eigenvalue weighted by Gasteiger charge is -2.06. The molecule has 0 spiro atoms. The van der Waals surface area contributed by atoms with Gasteiger partial charge in [-0.05, 0) is 68.3 Å². The van der Waals surface area contributed by atoms with Crippen molar-refractivity contribution in [2.24, 2.45) is 5.10 Å². The van der Waals surface area contributed by atoms with Crippen molar-refractivity contribution in [2.75, 3.05) is 5.32 Å². The van der Waals surface area contributed by atoms with Gasteiger partial charge in [-0.15, -0.1) is 0 Å². The van der Waals surface area contributed by atoms with Gasteiger partial charge in [-0.25, -0.2) is 5.43 Å². The first-order valence-corrected chi connectivity index (χ1v) is 9.03. The van der Waals surface area contributed by atoms with Crippen LogP contribution in [0.4, 0.5) is 5.69 Å². The third-order valence-corrected chi connectivity index (χ3v) is 4.34. The Morgan fingerprint density at radius 3 is 2.58 bits per heavy atom. The van der Waals surface area contributed by atoms with Crippen molar-refractivity contribution >= 4 is 62.2 Å². The second-order valence-corrected chi connectivity index (χ2v) is 6.98. The van der Waals surface area contributed by atoms with E-state index in [0.29, 0.717) is 5.69 Å². The van der Waals surface area contributed by atoms with Gasteiger partial charge in [-0.1, -0.05) is 24.3 Å². The Kier molecular flexibility index (Phi) is 7.38. The molecule has 0 unspecified atom stereocenters. The molecule has 0 fully saturated rings. The highest BCUT2D eigenvalue weighted by Gasteiger charge is 2.08. The molecule has 24 heavy (non-hydrogen) atoms. The van der Waals surface area contributed by atoms with Crippen LogP contribution in [0.25, 0.3) is 0 Å². The van der Waals surface area contributed by atoms with E-state index in [1.165, 1.54) is 0 Å². The summed E-state index contributed by atoms with van der Waals surface area (Å²) in [5.74, 6) is -0.530. The van der Waals surface area contributed by atoms with Crippen molar-refractivity contribution in [2.45, 2.75) is 12.8 Å². The Balaban J connectivity index is 1.75. The molecule has 2 amide bonds. The molecule has 7 heteroatoms. The van der Waals surface area contributed by atoms with Gasteiger partial charge in [0.15, 0.2) is 0 Å². The average Bonchev–Trinajstić information content (AvgIpc) is 2.55. The number of halogens is 2. The van der Waals surface area contributed by atoms with E-state index in [-0.39, 0.29) is 24.7 Å². The van der Waals surface area contributed by atoms with Crippen LogP contribution in [-0.2, 0) is 9.59 Å². The summed E-state index contributed by atoms with van der Waals surface area (Å²) in [5.41, 5.74) is 4.00. The van der Waals surface area contributed by atoms with Crippen molar-refractivity contribution < 1.29 is 9.59 Å². The lowest BCUT2D eigenvalue weighted by atomic mass is 10.2. The van der Waals surface area contributed by atoms with E-state index >= 15 is 0 Å². The zero-order valence-corrected chi connectivity index (χ0v) is 16.4. The van der Waals surface area contributed by atoms with E-state index in [9.17, 15) is 9.59 Å². The number of anilines is 1. The zero-order valence-electron chi connectivity index (χ0n) is 12.6. The summed E-state index contributed by atoms with van der Waals surface area (Å²) in [5, 5.41) is 6.64. The maximum atomic E-state index is 11.9. The van der Waals surface area contributed by atoms with E-state index in [4.69, 9.17) is 0 Å². The molecule has 0 heterocycles. The topological polar surface area (TPSA) is 70.6 Å². The van der Waals surface area contributed by atoms with Gasteiger partial charge in [-0.3, -0.25) is 9.59 Å². The molecule has 5 nitrogen and oxygen atoms in total. The van der Waals surface area contributed by atoms with E-state index in [1.54, 1.807) is 12.3 Å². The van der Waals surface area contributed by atoms with E-state index in [0.717, 1.165) is 13.6 Å². The first kappa shape index (κ1) is 18.6. The molecule has 2 rings (SSSR count). The summed E-state index contributed by atoms with van der Waals surface area (Å²) < 4.78 is 1.89. The summed E-state index contributed by atoms with van der Waals surface area (Å²) >= 11 is 5.56. The maximum Gasteiger partial charge on any atom is 0.240 e. The number of para-hydroxylation sites is 1. The van der Waals surface area contributed by atoms with Gasteiger partial charge in [0.25, 0.3) is 0 Å². The van der Waals surface area contributed by atoms with Crippen molar-refractivity contribution in [3.05, 3.63) is 62.1 Å². The second kappa shape index (κ2) is 9.53. The Labute approximate surface area is 162 Å². The van der Waals surface area contributed by atoms with Crippen LogP contribution in [0.3, 0.4) is 0 Å². The van der Waals surface area contributed by atoms with Crippen molar-refractivity contribution in [3.8, 4) is 0 Å². The van der Waals surface area contributed by atoms with Crippen LogP contribution >= 0.6 is 38.5 Å². The number of benzene rings is 2. The van der Waals surface area contributed by atoms with Crippen molar-refractivity contribution in [1.82, 2.24) is 5.43 Å². The number of amides is 2. The summed E-state index contributed by atoms with van der Waals surface area (Å²) in [7, 11) is 0. The van der Waals surface area contributed by atoms with Crippen molar-refractivity contribution in [3.63, 3.8) is 0 Å². The van der Waals surface area contributed by atoms with Gasteiger partial charge < -0.3 is 5.32 Å². The standard InChI is InChI=1S/C17H15BrIN3O2/c18-14-6-1-2-7-15(14)21-16(23)8-9-17(24)22-20-11-12-4-3-5-13(19)10-12/h1-7,10-11H,8-9H2,(H,21,23)(H,22,24)/b20-11-. The average molecular weight is 500 g/mol. The number of carbonyl (C=O) groups excluding carboxylic acids is 2. The lowest BCUT2D eigenvalue weighted by Crippen LogP contribution is -2.20. The summed E-state index contributed by atoms with van der Waals surface area (Å²) in [4.78, 5) is 23.6. The molecular weight excluding hydrogens is 485 g/mol. The Bertz CT molecular complexity index is 765. The highest BCUT2D eigenvalue weighted by molar-refractivity contribution is 14.1. The van der Waals surface area contributed by atoms with E-state index < -0.39 is 0 Å². The minimum Gasteiger partial charge on any atom is -0.325 e. The molecule has 0 atom stereocenters. The van der Waals surface area contributed by atoms with Gasteiger partial charge >= 0.3 is 0 Å². The highest BCUT2D eigenvalue weighted by atomic mass is 127. The molecular formula is C17H15BrIN3O2. The molecule has 0 aliphatic heterocycles. The molecule has 0 aromatic heterocycles. The monoisotopic (exact) mass is 499 g/mol. The number of rotatable bonds is 6. The second-order valence-electron chi connectivity index (χ2n) is 4.88. The molecule has 0 aliphatic carbocycles. The number of nitrogens with zero attached hydrogens (tertiary/aromatic N) is 1. The minimum atomic E-state index is -0.306. The molecule has 0 saturated heterocycles. The third-order valence-electron chi connectivity index (χ3n) is 2.98. The number of nitrogens with one attached hydrogen (secondary N) is 2. The predicted octanol–water partition coefficient (Wildman–Crippen LogP) is 3.92. The van der Waals surface area contributed by atoms with Gasteiger partial charge in [0.05, 0.1) is 11.9 Å². The van der Waals surface area contributed by atoms with Crippen LogP contribution in [0.2, 0.25) is 0 Å². The van der Waals surface area contributed by atoms with Gasteiger partial charge in [0.1, 0.15) is 0 Å². The van der Waals surface area contributed by atoms with Crippen LogP contribution in [0.5, 0.6) is 0 Å². The quantitative estimate of drug-likeness (QED) is 0.359. The molecule has 124 valence electrons. The molecule has 2 N–H and O–H groups in total. The zero-order chi connectivity index (χ0) is 17.4. The fraction of sp³-hybridized carbons (Fsp3) is 0.118. The van der Waals surface area contributed by atoms with Gasteiger partial charge in [0.2, 0.25) is 11.8 Å². The maximum absolute atomic E-state index is 11.9. The van der Waals surface area contributed by atoms with Crippen LogP contribution in [0.1, 0.15) is 18.4 Å². The van der Waals surface area contributed by atoms with Crippen LogP contribution in [0.15, 0.2) is 58.1 Å². The largest absolute Gasteiger partial charge is 0.325 e. The van der Waals surface area contributed by atoms with Crippen LogP contribution in [0, 0.1) is 3.57 Å². The van der Waals surface area contributed by atoms with Gasteiger partial charge in [0, 0.05) is 20.9 Å². The number of hydrazone groups is 1. The SMILES string of the molecule is O=C(CCC(=O)Nc1ccccc1Br)N/N=C\c1cccc(I)c1. The Morgan fingerprint density at radius 2 is 1.83 bits per heavy atom. The molecule has 2 aromatic carbocycles. The smallest absolute Gasteiger partial charge is 0.240 e. The van der Waals surface area contributed by atoms with E-state index in [1.807, 2.05) is 42.5 Å². The normalized spacial score (nSPS) is 10.6. The first-order chi connectivity index (χ1) is 11.5. The van der Waals surface area contributed by atoms with Crippen molar-refractivity contribution in [1.29, 1.82) is 0 Å². The van der Waals surface area contributed by atoms with Crippen LogP contribution in [-0.4, -0.2) is 18.0 Å². The lowest BCUT2D eigenvalue weighted by molar-refractivity contribution is -0.124. The Hall–Kier alpha value is -1.74. The fourth-order valence-electron chi connectivity index (χ4n) is 1.82. The summed E-state index contributed by atoms with van der Waals surface area (Å²) in [6.45, 7) is 0. The molecule has 0 bridgehead atoms. The predicted molar refractivity (Wildman–Crippen MR) is 107 cm³/mol. The molecule has 2 aromatic rings. The molecule has 0 radical (unpaired) electrons. The third kappa shape index (κ3) is 6.40. The minimum absolute atomic E-state index is 0.0694. The van der Waals surface area contributed by atoms with Gasteiger partial charge in [-0.2, -0.15) is 5.10 Å². The van der Waals surface area contributed by atoms with Crippen LogP contribution < -0.4 is 10.7 Å². The number of carbonyl (C=O) groups is 2.